The summed E-state index contributed by atoms with van der Waals surface area (Å²) in [4.78, 5) is 13.6. The first-order valence-corrected chi connectivity index (χ1v) is 5.62. The van der Waals surface area contributed by atoms with E-state index >= 15 is 0 Å². The average molecular weight is 199 g/mol. The highest BCUT2D eigenvalue weighted by Gasteiger charge is 2.28. The fourth-order valence-corrected chi connectivity index (χ4v) is 2.15. The second-order valence-corrected chi connectivity index (χ2v) is 4.09. The van der Waals surface area contributed by atoms with Gasteiger partial charge in [-0.25, -0.2) is 4.79 Å². The predicted octanol–water partition coefficient (Wildman–Crippen LogP) is 2.80. The largest absolute Gasteiger partial charge is 0.450 e. The standard InChI is InChI=1S/C11H21NO2/c1-4-14-11(13)12-9(2)7-5-6-8-10(12)3/h9-10H,4-8H2,1-3H3. The van der Waals surface area contributed by atoms with Crippen molar-refractivity contribution >= 4 is 6.09 Å². The number of hydrogen-bond acceptors (Lipinski definition) is 2. The zero-order valence-electron chi connectivity index (χ0n) is 9.45. The van der Waals surface area contributed by atoms with Crippen molar-refractivity contribution in [3.63, 3.8) is 0 Å². The van der Waals surface area contributed by atoms with E-state index in [1.54, 1.807) is 0 Å². The summed E-state index contributed by atoms with van der Waals surface area (Å²) >= 11 is 0. The Hall–Kier alpha value is -0.730. The van der Waals surface area contributed by atoms with E-state index in [9.17, 15) is 4.79 Å². The van der Waals surface area contributed by atoms with Crippen LogP contribution in [0.4, 0.5) is 4.79 Å². The molecule has 14 heavy (non-hydrogen) atoms. The third-order valence-electron chi connectivity index (χ3n) is 2.92. The lowest BCUT2D eigenvalue weighted by molar-refractivity contribution is 0.0774. The maximum Gasteiger partial charge on any atom is 0.410 e. The molecule has 0 aliphatic carbocycles. The van der Waals surface area contributed by atoms with Crippen LogP contribution >= 0.6 is 0 Å². The fourth-order valence-electron chi connectivity index (χ4n) is 2.15. The molecule has 2 unspecified atom stereocenters. The third kappa shape index (κ3) is 2.63. The minimum Gasteiger partial charge on any atom is -0.450 e. The monoisotopic (exact) mass is 199 g/mol. The Morgan fingerprint density at radius 2 is 1.79 bits per heavy atom. The molecule has 1 heterocycles. The minimum atomic E-state index is -0.144. The summed E-state index contributed by atoms with van der Waals surface area (Å²) in [6, 6.07) is 0.651. The molecular weight excluding hydrogens is 178 g/mol. The first-order chi connectivity index (χ1) is 6.66. The van der Waals surface area contributed by atoms with Crippen LogP contribution in [0.2, 0.25) is 0 Å². The lowest BCUT2D eigenvalue weighted by Gasteiger charge is -2.31. The molecule has 1 rings (SSSR count). The molecule has 0 spiro atoms. The molecule has 0 aromatic heterocycles. The van der Waals surface area contributed by atoms with E-state index in [1.165, 1.54) is 12.8 Å². The molecule has 1 amide bonds. The Morgan fingerprint density at radius 3 is 2.21 bits per heavy atom. The van der Waals surface area contributed by atoms with Gasteiger partial charge in [-0.15, -0.1) is 0 Å². The number of carbonyl (C=O) groups is 1. The zero-order chi connectivity index (χ0) is 10.6. The average Bonchev–Trinajstić information content (AvgIpc) is 2.28. The van der Waals surface area contributed by atoms with E-state index < -0.39 is 0 Å². The van der Waals surface area contributed by atoms with Gasteiger partial charge in [0.1, 0.15) is 0 Å². The lowest BCUT2D eigenvalue weighted by atomic mass is 10.1. The smallest absolute Gasteiger partial charge is 0.410 e. The van der Waals surface area contributed by atoms with Crippen LogP contribution in [0.5, 0.6) is 0 Å². The van der Waals surface area contributed by atoms with Crippen molar-refractivity contribution < 1.29 is 9.53 Å². The summed E-state index contributed by atoms with van der Waals surface area (Å²) in [5.74, 6) is 0. The van der Waals surface area contributed by atoms with Crippen LogP contribution in [-0.4, -0.2) is 29.7 Å². The van der Waals surface area contributed by atoms with Crippen LogP contribution < -0.4 is 0 Å². The molecule has 1 saturated heterocycles. The lowest BCUT2D eigenvalue weighted by Crippen LogP contribution is -2.43. The first-order valence-electron chi connectivity index (χ1n) is 5.62. The number of rotatable bonds is 1. The van der Waals surface area contributed by atoms with Crippen molar-refractivity contribution in [2.45, 2.75) is 58.5 Å². The Morgan fingerprint density at radius 1 is 1.29 bits per heavy atom. The highest BCUT2D eigenvalue weighted by atomic mass is 16.6. The van der Waals surface area contributed by atoms with Crippen LogP contribution in [0.15, 0.2) is 0 Å². The van der Waals surface area contributed by atoms with Gasteiger partial charge in [-0.05, 0) is 33.6 Å². The highest BCUT2D eigenvalue weighted by molar-refractivity contribution is 5.68. The van der Waals surface area contributed by atoms with Crippen molar-refractivity contribution in [3.8, 4) is 0 Å². The van der Waals surface area contributed by atoms with Gasteiger partial charge in [0.05, 0.1) is 6.61 Å². The van der Waals surface area contributed by atoms with E-state index in [0.717, 1.165) is 12.8 Å². The van der Waals surface area contributed by atoms with Gasteiger partial charge in [-0.3, -0.25) is 0 Å². The van der Waals surface area contributed by atoms with Gasteiger partial charge in [0, 0.05) is 12.1 Å². The maximum absolute atomic E-state index is 11.7. The van der Waals surface area contributed by atoms with Gasteiger partial charge in [0.2, 0.25) is 0 Å². The second-order valence-electron chi connectivity index (χ2n) is 4.09. The molecule has 0 bridgehead atoms. The number of nitrogens with zero attached hydrogens (tertiary/aromatic N) is 1. The minimum absolute atomic E-state index is 0.144. The van der Waals surface area contributed by atoms with Crippen LogP contribution in [0.1, 0.15) is 46.5 Å². The first kappa shape index (κ1) is 11.3. The summed E-state index contributed by atoms with van der Waals surface area (Å²) in [5, 5.41) is 0. The van der Waals surface area contributed by atoms with Crippen molar-refractivity contribution in [1.82, 2.24) is 4.90 Å². The number of carbonyl (C=O) groups excluding carboxylic acids is 1. The molecule has 0 aromatic rings. The van der Waals surface area contributed by atoms with Gasteiger partial charge in [0.15, 0.2) is 0 Å². The summed E-state index contributed by atoms with van der Waals surface area (Å²) < 4.78 is 5.06. The predicted molar refractivity (Wildman–Crippen MR) is 56.3 cm³/mol. The van der Waals surface area contributed by atoms with Crippen molar-refractivity contribution in [3.05, 3.63) is 0 Å². The molecule has 82 valence electrons. The Bertz CT molecular complexity index is 182. The summed E-state index contributed by atoms with van der Waals surface area (Å²) in [6.45, 7) is 6.54. The van der Waals surface area contributed by atoms with Crippen LogP contribution in [0, 0.1) is 0 Å². The van der Waals surface area contributed by atoms with Crippen LogP contribution in [-0.2, 0) is 4.74 Å². The third-order valence-corrected chi connectivity index (χ3v) is 2.92. The molecule has 0 radical (unpaired) electrons. The van der Waals surface area contributed by atoms with Crippen molar-refractivity contribution in [1.29, 1.82) is 0 Å². The molecule has 2 atom stereocenters. The quantitative estimate of drug-likeness (QED) is 0.650. The highest BCUT2D eigenvalue weighted by Crippen LogP contribution is 2.22. The second kappa shape index (κ2) is 5.23. The molecule has 3 nitrogen and oxygen atoms in total. The van der Waals surface area contributed by atoms with E-state index in [0.29, 0.717) is 18.7 Å². The van der Waals surface area contributed by atoms with Gasteiger partial charge >= 0.3 is 6.09 Å². The molecule has 0 saturated carbocycles. The zero-order valence-corrected chi connectivity index (χ0v) is 9.45. The van der Waals surface area contributed by atoms with Gasteiger partial charge in [-0.2, -0.15) is 0 Å². The Balaban J connectivity index is 2.64. The van der Waals surface area contributed by atoms with E-state index in [4.69, 9.17) is 4.74 Å². The molecule has 1 aliphatic heterocycles. The van der Waals surface area contributed by atoms with Gasteiger partial charge in [-0.1, -0.05) is 12.8 Å². The van der Waals surface area contributed by atoms with Gasteiger partial charge in [0.25, 0.3) is 0 Å². The number of ether oxygens (including phenoxy) is 1. The topological polar surface area (TPSA) is 29.5 Å². The Kier molecular flexibility index (Phi) is 4.23. The number of amides is 1. The van der Waals surface area contributed by atoms with E-state index in [2.05, 4.69) is 13.8 Å². The summed E-state index contributed by atoms with van der Waals surface area (Å²) in [6.07, 6.45) is 4.50. The van der Waals surface area contributed by atoms with E-state index in [1.807, 2.05) is 11.8 Å². The van der Waals surface area contributed by atoms with Crippen molar-refractivity contribution in [2.24, 2.45) is 0 Å². The van der Waals surface area contributed by atoms with Gasteiger partial charge < -0.3 is 9.64 Å². The SMILES string of the molecule is CCOC(=O)N1C(C)CCCCC1C. The fraction of sp³-hybridized carbons (Fsp3) is 0.909. The van der Waals surface area contributed by atoms with Crippen LogP contribution in [0.25, 0.3) is 0 Å². The summed E-state index contributed by atoms with van der Waals surface area (Å²) in [5.41, 5.74) is 0. The maximum atomic E-state index is 11.7. The molecule has 3 heteroatoms. The number of likely N-dealkylation sites (tertiary alicyclic amines) is 1. The number of hydrogen-bond donors (Lipinski definition) is 0. The molecule has 0 N–H and O–H groups in total. The van der Waals surface area contributed by atoms with E-state index in [-0.39, 0.29) is 6.09 Å². The van der Waals surface area contributed by atoms with Crippen molar-refractivity contribution in [2.75, 3.05) is 6.61 Å². The van der Waals surface area contributed by atoms with Crippen LogP contribution in [0.3, 0.4) is 0 Å². The Labute approximate surface area is 86.4 Å². The molecule has 0 aromatic carbocycles. The summed E-state index contributed by atoms with van der Waals surface area (Å²) in [7, 11) is 0. The molecular formula is C11H21NO2. The normalized spacial score (nSPS) is 28.4. The molecule has 1 fully saturated rings. The molecule has 1 aliphatic rings.